The number of carbonyl (C=O) groups is 1. The fraction of sp³-hybridized carbons (Fsp3) is 0.550. The number of aromatic nitrogens is 2. The van der Waals surface area contributed by atoms with Crippen molar-refractivity contribution < 1.29 is 9.21 Å². The van der Waals surface area contributed by atoms with E-state index in [-0.39, 0.29) is 0 Å². The number of benzene rings is 1. The van der Waals surface area contributed by atoms with Crippen molar-refractivity contribution >= 4 is 5.91 Å². The number of rotatable bonds is 4. The molecule has 1 amide bonds. The summed E-state index contributed by atoms with van der Waals surface area (Å²) in [6.45, 7) is 5.90. The summed E-state index contributed by atoms with van der Waals surface area (Å²) < 4.78 is 5.48. The van der Waals surface area contributed by atoms with Crippen molar-refractivity contribution in [3.8, 4) is 0 Å². The SMILES string of the molecule is Cc1nnc(CN2CCCN(C(=O)CC3CCc4ccccc43)CC2)o1. The summed E-state index contributed by atoms with van der Waals surface area (Å²) in [5, 5.41) is 7.96. The van der Waals surface area contributed by atoms with Crippen LogP contribution in [0.5, 0.6) is 0 Å². The maximum atomic E-state index is 12.9. The third-order valence-corrected chi connectivity index (χ3v) is 5.55. The number of aryl methyl sites for hydroxylation is 2. The molecular formula is C20H26N4O2. The molecule has 26 heavy (non-hydrogen) atoms. The van der Waals surface area contributed by atoms with Gasteiger partial charge in [-0.15, -0.1) is 10.2 Å². The molecule has 2 heterocycles. The Labute approximate surface area is 154 Å². The van der Waals surface area contributed by atoms with Crippen LogP contribution in [0.4, 0.5) is 0 Å². The molecular weight excluding hydrogens is 328 g/mol. The molecule has 1 aromatic heterocycles. The molecule has 0 bridgehead atoms. The van der Waals surface area contributed by atoms with E-state index < -0.39 is 0 Å². The van der Waals surface area contributed by atoms with E-state index in [1.165, 1.54) is 11.1 Å². The Morgan fingerprint density at radius 1 is 1.19 bits per heavy atom. The van der Waals surface area contributed by atoms with Gasteiger partial charge in [0.2, 0.25) is 17.7 Å². The van der Waals surface area contributed by atoms with Crippen molar-refractivity contribution in [3.63, 3.8) is 0 Å². The van der Waals surface area contributed by atoms with Gasteiger partial charge in [-0.2, -0.15) is 0 Å². The van der Waals surface area contributed by atoms with Gasteiger partial charge in [0.1, 0.15) is 0 Å². The highest BCUT2D eigenvalue weighted by Crippen LogP contribution is 2.35. The van der Waals surface area contributed by atoms with Gasteiger partial charge in [0.15, 0.2) is 0 Å². The van der Waals surface area contributed by atoms with Crippen molar-refractivity contribution in [1.29, 1.82) is 0 Å². The lowest BCUT2D eigenvalue weighted by molar-refractivity contribution is -0.131. The molecule has 1 aliphatic heterocycles. The van der Waals surface area contributed by atoms with Crippen LogP contribution in [0.15, 0.2) is 28.7 Å². The lowest BCUT2D eigenvalue weighted by Crippen LogP contribution is -2.35. The predicted octanol–water partition coefficient (Wildman–Crippen LogP) is 2.53. The average molecular weight is 354 g/mol. The molecule has 1 unspecified atom stereocenters. The Morgan fingerprint density at radius 2 is 2.08 bits per heavy atom. The van der Waals surface area contributed by atoms with E-state index in [9.17, 15) is 4.79 Å². The standard InChI is InChI=1S/C20H26N4O2/c1-15-21-22-19(26-15)14-23-9-4-10-24(12-11-23)20(25)13-17-8-7-16-5-2-3-6-18(16)17/h2-3,5-6,17H,4,7-14H2,1H3. The lowest BCUT2D eigenvalue weighted by atomic mass is 9.97. The third kappa shape index (κ3) is 3.80. The van der Waals surface area contributed by atoms with Crippen LogP contribution in [0.2, 0.25) is 0 Å². The average Bonchev–Trinajstić information content (AvgIpc) is 3.15. The Balaban J connectivity index is 1.32. The van der Waals surface area contributed by atoms with Crippen LogP contribution >= 0.6 is 0 Å². The summed E-state index contributed by atoms with van der Waals surface area (Å²) >= 11 is 0. The molecule has 2 aromatic rings. The molecule has 1 fully saturated rings. The molecule has 0 N–H and O–H groups in total. The first-order valence-electron chi connectivity index (χ1n) is 9.56. The third-order valence-electron chi connectivity index (χ3n) is 5.55. The normalized spacial score (nSPS) is 20.8. The van der Waals surface area contributed by atoms with Crippen LogP contribution in [0.3, 0.4) is 0 Å². The Hall–Kier alpha value is -2.21. The number of hydrogen-bond acceptors (Lipinski definition) is 5. The summed E-state index contributed by atoms with van der Waals surface area (Å²) in [6.07, 6.45) is 3.83. The molecule has 0 radical (unpaired) electrons. The van der Waals surface area contributed by atoms with E-state index in [0.29, 0.717) is 36.6 Å². The van der Waals surface area contributed by atoms with E-state index >= 15 is 0 Å². The first kappa shape index (κ1) is 17.2. The zero-order valence-electron chi connectivity index (χ0n) is 15.4. The van der Waals surface area contributed by atoms with Crippen molar-refractivity contribution in [2.75, 3.05) is 26.2 Å². The molecule has 0 spiro atoms. The summed E-state index contributed by atoms with van der Waals surface area (Å²) in [4.78, 5) is 17.2. The fourth-order valence-electron chi connectivity index (χ4n) is 4.17. The Morgan fingerprint density at radius 3 is 2.92 bits per heavy atom. The van der Waals surface area contributed by atoms with Gasteiger partial charge >= 0.3 is 0 Å². The second-order valence-electron chi connectivity index (χ2n) is 7.36. The van der Waals surface area contributed by atoms with E-state index in [2.05, 4.69) is 39.4 Å². The van der Waals surface area contributed by atoms with Crippen LogP contribution in [-0.4, -0.2) is 52.1 Å². The van der Waals surface area contributed by atoms with Gasteiger partial charge in [-0.05, 0) is 36.3 Å². The van der Waals surface area contributed by atoms with Crippen LogP contribution < -0.4 is 0 Å². The van der Waals surface area contributed by atoms with E-state index in [4.69, 9.17) is 4.42 Å². The lowest BCUT2D eigenvalue weighted by Gasteiger charge is -2.23. The van der Waals surface area contributed by atoms with E-state index in [1.54, 1.807) is 6.92 Å². The van der Waals surface area contributed by atoms with Gasteiger partial charge in [-0.3, -0.25) is 9.69 Å². The maximum Gasteiger partial charge on any atom is 0.230 e. The first-order valence-corrected chi connectivity index (χ1v) is 9.56. The van der Waals surface area contributed by atoms with Crippen LogP contribution in [0.25, 0.3) is 0 Å². The quantitative estimate of drug-likeness (QED) is 0.844. The summed E-state index contributed by atoms with van der Waals surface area (Å²) in [5.74, 6) is 1.94. The van der Waals surface area contributed by atoms with E-state index in [0.717, 1.165) is 45.4 Å². The van der Waals surface area contributed by atoms with Crippen LogP contribution in [0.1, 0.15) is 48.1 Å². The highest BCUT2D eigenvalue weighted by Gasteiger charge is 2.27. The van der Waals surface area contributed by atoms with Crippen molar-refractivity contribution in [2.45, 2.75) is 45.1 Å². The molecule has 6 heteroatoms. The molecule has 1 aromatic carbocycles. The zero-order valence-corrected chi connectivity index (χ0v) is 15.4. The minimum Gasteiger partial charge on any atom is -0.424 e. The topological polar surface area (TPSA) is 62.5 Å². The van der Waals surface area contributed by atoms with Gasteiger partial charge < -0.3 is 9.32 Å². The van der Waals surface area contributed by atoms with Gasteiger partial charge in [-0.25, -0.2) is 0 Å². The number of carbonyl (C=O) groups excluding carboxylic acids is 1. The number of nitrogens with zero attached hydrogens (tertiary/aromatic N) is 4. The first-order chi connectivity index (χ1) is 12.7. The van der Waals surface area contributed by atoms with Gasteiger partial charge in [0, 0.05) is 39.5 Å². The molecule has 0 saturated carbocycles. The molecule has 4 rings (SSSR count). The minimum atomic E-state index is 0.294. The van der Waals surface area contributed by atoms with Crippen molar-refractivity contribution in [1.82, 2.24) is 20.0 Å². The second-order valence-corrected chi connectivity index (χ2v) is 7.36. The Bertz CT molecular complexity index is 773. The van der Waals surface area contributed by atoms with Crippen LogP contribution in [0, 0.1) is 6.92 Å². The fourth-order valence-corrected chi connectivity index (χ4v) is 4.17. The largest absolute Gasteiger partial charge is 0.424 e. The number of hydrogen-bond donors (Lipinski definition) is 0. The molecule has 1 aliphatic carbocycles. The molecule has 6 nitrogen and oxygen atoms in total. The predicted molar refractivity (Wildman–Crippen MR) is 97.6 cm³/mol. The molecule has 2 aliphatic rings. The number of amides is 1. The van der Waals surface area contributed by atoms with Crippen LogP contribution in [-0.2, 0) is 17.8 Å². The van der Waals surface area contributed by atoms with Gasteiger partial charge in [0.25, 0.3) is 0 Å². The molecule has 138 valence electrons. The highest BCUT2D eigenvalue weighted by molar-refractivity contribution is 5.77. The van der Waals surface area contributed by atoms with E-state index in [1.807, 2.05) is 4.90 Å². The van der Waals surface area contributed by atoms with Gasteiger partial charge in [-0.1, -0.05) is 24.3 Å². The maximum absolute atomic E-state index is 12.9. The van der Waals surface area contributed by atoms with Gasteiger partial charge in [0.05, 0.1) is 6.54 Å². The Kier molecular flexibility index (Phi) is 5.02. The van der Waals surface area contributed by atoms with Crippen molar-refractivity contribution in [3.05, 3.63) is 47.2 Å². The number of fused-ring (bicyclic) bond motifs is 1. The minimum absolute atomic E-state index is 0.294. The molecule has 1 atom stereocenters. The smallest absolute Gasteiger partial charge is 0.230 e. The monoisotopic (exact) mass is 354 g/mol. The summed E-state index contributed by atoms with van der Waals surface area (Å²) in [5.41, 5.74) is 2.80. The highest BCUT2D eigenvalue weighted by atomic mass is 16.4. The summed E-state index contributed by atoms with van der Waals surface area (Å²) in [7, 11) is 0. The second kappa shape index (κ2) is 7.58. The summed E-state index contributed by atoms with van der Waals surface area (Å²) in [6, 6.07) is 8.57. The molecule has 1 saturated heterocycles. The van der Waals surface area contributed by atoms with Crippen molar-refractivity contribution in [2.24, 2.45) is 0 Å². The zero-order chi connectivity index (χ0) is 17.9.